The molecule has 1 aliphatic rings. The Morgan fingerprint density at radius 1 is 1.21 bits per heavy atom. The Morgan fingerprint density at radius 2 is 1.64 bits per heavy atom. The zero-order chi connectivity index (χ0) is 10.9. The highest BCUT2D eigenvalue weighted by Gasteiger charge is 2.32. The van der Waals surface area contributed by atoms with Crippen molar-refractivity contribution in [1.29, 1.82) is 0 Å². The summed E-state index contributed by atoms with van der Waals surface area (Å²) in [6.07, 6.45) is -0.910. The monoisotopic (exact) mass is 200 g/mol. The molecule has 0 aromatic heterocycles. The molecule has 0 radical (unpaired) electrons. The summed E-state index contributed by atoms with van der Waals surface area (Å²) in [6.45, 7) is 6.06. The minimum atomic E-state index is -0.910. The molecular weight excluding hydrogens is 184 g/mol. The number of piperazine rings is 1. The quantitative estimate of drug-likeness (QED) is 0.623. The lowest BCUT2D eigenvalue weighted by Gasteiger charge is -2.42. The van der Waals surface area contributed by atoms with Crippen molar-refractivity contribution in [1.82, 2.24) is 9.80 Å². The van der Waals surface area contributed by atoms with Crippen LogP contribution in [0.4, 0.5) is 4.79 Å². The summed E-state index contributed by atoms with van der Waals surface area (Å²) in [4.78, 5) is 25.1. The van der Waals surface area contributed by atoms with Crippen LogP contribution >= 0.6 is 0 Å². The Labute approximate surface area is 83.3 Å². The number of nitrogens with zero attached hydrogens (tertiary/aromatic N) is 2. The van der Waals surface area contributed by atoms with Gasteiger partial charge >= 0.3 is 6.09 Å². The number of rotatable bonds is 0. The Morgan fingerprint density at radius 3 is 1.93 bits per heavy atom. The van der Waals surface area contributed by atoms with E-state index in [0.717, 1.165) is 0 Å². The summed E-state index contributed by atoms with van der Waals surface area (Å²) < 4.78 is 0. The molecule has 1 aliphatic heterocycles. The molecule has 1 N–H and O–H groups in total. The molecule has 1 heterocycles. The van der Waals surface area contributed by atoms with E-state index in [1.54, 1.807) is 4.90 Å². The van der Waals surface area contributed by atoms with E-state index in [4.69, 9.17) is 5.11 Å². The molecule has 1 fully saturated rings. The summed E-state index contributed by atoms with van der Waals surface area (Å²) in [7, 11) is 0. The SMILES string of the molecule is CC(=O)N1C(C)CN(C(=O)O)CC1C. The van der Waals surface area contributed by atoms with E-state index in [2.05, 4.69) is 0 Å². The average molecular weight is 200 g/mol. The highest BCUT2D eigenvalue weighted by Crippen LogP contribution is 2.15. The van der Waals surface area contributed by atoms with Gasteiger partial charge in [0.05, 0.1) is 0 Å². The van der Waals surface area contributed by atoms with Crippen LogP contribution in [0, 0.1) is 0 Å². The molecule has 0 aromatic carbocycles. The van der Waals surface area contributed by atoms with Crippen LogP contribution in [0.2, 0.25) is 0 Å². The van der Waals surface area contributed by atoms with Crippen molar-refractivity contribution < 1.29 is 14.7 Å². The fraction of sp³-hybridized carbons (Fsp3) is 0.778. The Bertz CT molecular complexity index is 242. The zero-order valence-electron chi connectivity index (χ0n) is 8.73. The lowest BCUT2D eigenvalue weighted by Crippen LogP contribution is -2.59. The normalized spacial score (nSPS) is 27.6. The van der Waals surface area contributed by atoms with Crippen molar-refractivity contribution in [2.45, 2.75) is 32.9 Å². The fourth-order valence-electron chi connectivity index (χ4n) is 2.10. The van der Waals surface area contributed by atoms with Crippen molar-refractivity contribution in [2.75, 3.05) is 13.1 Å². The number of carbonyl (C=O) groups excluding carboxylic acids is 1. The average Bonchev–Trinajstić information content (AvgIpc) is 2.01. The van der Waals surface area contributed by atoms with Gasteiger partial charge in [-0.1, -0.05) is 0 Å². The molecule has 2 unspecified atom stereocenters. The number of carboxylic acid groups (broad SMARTS) is 1. The molecule has 80 valence electrons. The first kappa shape index (κ1) is 10.8. The van der Waals surface area contributed by atoms with Gasteiger partial charge in [-0.05, 0) is 13.8 Å². The van der Waals surface area contributed by atoms with Crippen LogP contribution in [0.25, 0.3) is 0 Å². The number of amides is 2. The highest BCUT2D eigenvalue weighted by molar-refractivity contribution is 5.74. The lowest BCUT2D eigenvalue weighted by molar-refractivity contribution is -0.136. The third-order valence-electron chi connectivity index (χ3n) is 2.55. The molecule has 1 rings (SSSR count). The molecule has 0 bridgehead atoms. The Hall–Kier alpha value is -1.26. The van der Waals surface area contributed by atoms with Gasteiger partial charge in [0.1, 0.15) is 0 Å². The molecule has 1 saturated heterocycles. The largest absolute Gasteiger partial charge is 0.465 e. The summed E-state index contributed by atoms with van der Waals surface area (Å²) in [6, 6.07) is -0.0697. The summed E-state index contributed by atoms with van der Waals surface area (Å²) >= 11 is 0. The Kier molecular flexibility index (Phi) is 2.98. The van der Waals surface area contributed by atoms with Gasteiger partial charge in [-0.15, -0.1) is 0 Å². The maximum atomic E-state index is 11.3. The third kappa shape index (κ3) is 1.97. The first-order valence-electron chi connectivity index (χ1n) is 4.70. The van der Waals surface area contributed by atoms with Crippen molar-refractivity contribution in [3.8, 4) is 0 Å². The van der Waals surface area contributed by atoms with Crippen LogP contribution in [-0.4, -0.2) is 52.1 Å². The van der Waals surface area contributed by atoms with Crippen LogP contribution in [-0.2, 0) is 4.79 Å². The maximum Gasteiger partial charge on any atom is 0.407 e. The molecular formula is C9H16N2O3. The van der Waals surface area contributed by atoms with E-state index in [9.17, 15) is 9.59 Å². The number of hydrogen-bond acceptors (Lipinski definition) is 2. The maximum absolute atomic E-state index is 11.3. The molecule has 0 saturated carbocycles. The second kappa shape index (κ2) is 3.86. The van der Waals surface area contributed by atoms with E-state index >= 15 is 0 Å². The predicted octanol–water partition coefficient (Wildman–Crippen LogP) is 0.606. The molecule has 5 nitrogen and oxygen atoms in total. The van der Waals surface area contributed by atoms with Gasteiger partial charge in [0.25, 0.3) is 0 Å². The minimum Gasteiger partial charge on any atom is -0.465 e. The first-order chi connectivity index (χ1) is 6.43. The van der Waals surface area contributed by atoms with E-state index in [1.165, 1.54) is 11.8 Å². The molecule has 0 aliphatic carbocycles. The van der Waals surface area contributed by atoms with Crippen LogP contribution < -0.4 is 0 Å². The van der Waals surface area contributed by atoms with Gasteiger partial charge in [0.2, 0.25) is 5.91 Å². The van der Waals surface area contributed by atoms with E-state index in [0.29, 0.717) is 13.1 Å². The molecule has 0 spiro atoms. The second-order valence-corrected chi connectivity index (χ2v) is 3.81. The van der Waals surface area contributed by atoms with Gasteiger partial charge in [-0.2, -0.15) is 0 Å². The summed E-state index contributed by atoms with van der Waals surface area (Å²) in [5.74, 6) is 0.00930. The van der Waals surface area contributed by atoms with Crippen molar-refractivity contribution in [2.24, 2.45) is 0 Å². The van der Waals surface area contributed by atoms with Crippen LogP contribution in [0.1, 0.15) is 20.8 Å². The summed E-state index contributed by atoms with van der Waals surface area (Å²) in [5.41, 5.74) is 0. The first-order valence-corrected chi connectivity index (χ1v) is 4.70. The van der Waals surface area contributed by atoms with E-state index in [-0.39, 0.29) is 18.0 Å². The minimum absolute atomic E-state index is 0.00930. The predicted molar refractivity (Wildman–Crippen MR) is 51.0 cm³/mol. The second-order valence-electron chi connectivity index (χ2n) is 3.81. The van der Waals surface area contributed by atoms with Crippen LogP contribution in [0.3, 0.4) is 0 Å². The zero-order valence-corrected chi connectivity index (χ0v) is 8.73. The fourth-order valence-corrected chi connectivity index (χ4v) is 2.10. The van der Waals surface area contributed by atoms with E-state index in [1.807, 2.05) is 13.8 Å². The number of hydrogen-bond donors (Lipinski definition) is 1. The van der Waals surface area contributed by atoms with Crippen LogP contribution in [0.5, 0.6) is 0 Å². The van der Waals surface area contributed by atoms with Crippen molar-refractivity contribution in [3.05, 3.63) is 0 Å². The summed E-state index contributed by atoms with van der Waals surface area (Å²) in [5, 5.41) is 8.82. The van der Waals surface area contributed by atoms with Crippen molar-refractivity contribution >= 4 is 12.0 Å². The number of carbonyl (C=O) groups is 2. The van der Waals surface area contributed by atoms with Crippen LogP contribution in [0.15, 0.2) is 0 Å². The van der Waals surface area contributed by atoms with Gasteiger partial charge in [0.15, 0.2) is 0 Å². The lowest BCUT2D eigenvalue weighted by atomic mass is 10.1. The standard InChI is InChI=1S/C9H16N2O3/c1-6-4-10(9(13)14)5-7(2)11(6)8(3)12/h6-7H,4-5H2,1-3H3,(H,13,14). The Balaban J connectivity index is 2.72. The molecule has 14 heavy (non-hydrogen) atoms. The third-order valence-corrected chi connectivity index (χ3v) is 2.55. The van der Waals surface area contributed by atoms with Gasteiger partial charge < -0.3 is 14.9 Å². The molecule has 0 aromatic rings. The van der Waals surface area contributed by atoms with Gasteiger partial charge in [-0.3, -0.25) is 4.79 Å². The van der Waals surface area contributed by atoms with Crippen molar-refractivity contribution in [3.63, 3.8) is 0 Å². The highest BCUT2D eigenvalue weighted by atomic mass is 16.4. The molecule has 5 heteroatoms. The molecule has 2 amide bonds. The smallest absolute Gasteiger partial charge is 0.407 e. The van der Waals surface area contributed by atoms with E-state index < -0.39 is 6.09 Å². The van der Waals surface area contributed by atoms with Gasteiger partial charge in [-0.25, -0.2) is 4.79 Å². The molecule has 2 atom stereocenters. The van der Waals surface area contributed by atoms with Gasteiger partial charge in [0, 0.05) is 32.1 Å². The topological polar surface area (TPSA) is 60.9 Å².